The van der Waals surface area contributed by atoms with Crippen LogP contribution in [0.25, 0.3) is 11.1 Å². The summed E-state index contributed by atoms with van der Waals surface area (Å²) in [6.45, 7) is -0.636. The van der Waals surface area contributed by atoms with E-state index >= 15 is 0 Å². The Kier molecular flexibility index (Phi) is 7.79. The van der Waals surface area contributed by atoms with Crippen molar-refractivity contribution in [2.75, 3.05) is 6.61 Å². The van der Waals surface area contributed by atoms with Gasteiger partial charge in [-0.2, -0.15) is 13.2 Å². The topological polar surface area (TPSA) is 84.3 Å². The minimum Gasteiger partial charge on any atom is -0.449 e. The van der Waals surface area contributed by atoms with E-state index in [0.717, 1.165) is 46.1 Å². The summed E-state index contributed by atoms with van der Waals surface area (Å²) in [5.41, 5.74) is 3.64. The largest absolute Gasteiger partial charge is 0.449 e. The average Bonchev–Trinajstić information content (AvgIpc) is 3.25. The normalized spacial score (nSPS) is 12.6. The molecule has 4 aromatic rings. The number of nitrogens with one attached hydrogen (secondary N) is 1. The fraction of sp³-hybridized carbons (Fsp3) is 0.179. The summed E-state index contributed by atoms with van der Waals surface area (Å²) in [7, 11) is 0. The number of benzene rings is 3. The van der Waals surface area contributed by atoms with Crippen LogP contribution in [0.1, 0.15) is 33.9 Å². The number of nitrogens with zero attached hydrogens (tertiary/aromatic N) is 2. The number of fused-ring (bicyclic) bond motifs is 3. The lowest BCUT2D eigenvalue weighted by molar-refractivity contribution is -0.137. The number of halogens is 4. The molecule has 1 aromatic heterocycles. The highest BCUT2D eigenvalue weighted by atomic mass is 35.5. The SMILES string of the molecule is O=C(NCc1cc(C(F)(F)F)cc(Cl)c1Sc1nccnc1CO)OCC1c2ccccc2-c2ccccc21. The highest BCUT2D eigenvalue weighted by molar-refractivity contribution is 7.99. The summed E-state index contributed by atoms with van der Waals surface area (Å²) in [4.78, 5) is 21.1. The number of amides is 1. The van der Waals surface area contributed by atoms with E-state index in [1.54, 1.807) is 0 Å². The summed E-state index contributed by atoms with van der Waals surface area (Å²) < 4.78 is 46.1. The van der Waals surface area contributed by atoms with Crippen LogP contribution in [-0.4, -0.2) is 27.8 Å². The average molecular weight is 572 g/mol. The van der Waals surface area contributed by atoms with E-state index in [9.17, 15) is 23.1 Å². The third kappa shape index (κ3) is 5.73. The van der Waals surface area contributed by atoms with Crippen molar-refractivity contribution in [3.63, 3.8) is 0 Å². The quantitative estimate of drug-likeness (QED) is 0.253. The van der Waals surface area contributed by atoms with E-state index in [4.69, 9.17) is 16.3 Å². The van der Waals surface area contributed by atoms with Crippen LogP contribution in [0.2, 0.25) is 5.02 Å². The molecule has 0 radical (unpaired) electrons. The lowest BCUT2D eigenvalue weighted by atomic mass is 9.98. The van der Waals surface area contributed by atoms with E-state index in [1.165, 1.54) is 12.4 Å². The van der Waals surface area contributed by atoms with Gasteiger partial charge in [-0.05, 0) is 39.9 Å². The van der Waals surface area contributed by atoms with Crippen LogP contribution in [0.15, 0.2) is 83.0 Å². The van der Waals surface area contributed by atoms with Crippen LogP contribution >= 0.6 is 23.4 Å². The molecular weight excluding hydrogens is 551 g/mol. The highest BCUT2D eigenvalue weighted by Gasteiger charge is 2.33. The molecule has 0 unspecified atom stereocenters. The number of aromatic nitrogens is 2. The van der Waals surface area contributed by atoms with Crippen molar-refractivity contribution in [2.45, 2.75) is 35.2 Å². The van der Waals surface area contributed by atoms with Gasteiger partial charge in [-0.1, -0.05) is 71.9 Å². The van der Waals surface area contributed by atoms with Crippen LogP contribution in [0, 0.1) is 0 Å². The summed E-state index contributed by atoms with van der Waals surface area (Å²) in [6.07, 6.45) is -2.64. The Morgan fingerprint density at radius 1 is 1.03 bits per heavy atom. The number of hydrogen-bond acceptors (Lipinski definition) is 6. The van der Waals surface area contributed by atoms with Crippen molar-refractivity contribution in [3.8, 4) is 11.1 Å². The predicted octanol–water partition coefficient (Wildman–Crippen LogP) is 6.83. The molecule has 0 atom stereocenters. The second kappa shape index (κ2) is 11.3. The first-order valence-corrected chi connectivity index (χ1v) is 13.0. The van der Waals surface area contributed by atoms with Crippen molar-refractivity contribution in [1.82, 2.24) is 15.3 Å². The molecule has 0 saturated heterocycles. The maximum Gasteiger partial charge on any atom is 0.416 e. The Labute approximate surface area is 231 Å². The molecule has 0 aliphatic heterocycles. The van der Waals surface area contributed by atoms with Gasteiger partial charge in [0, 0.05) is 29.8 Å². The minimum atomic E-state index is -4.64. The van der Waals surface area contributed by atoms with Gasteiger partial charge in [0.2, 0.25) is 0 Å². The zero-order valence-corrected chi connectivity index (χ0v) is 21.8. The second-order valence-electron chi connectivity index (χ2n) is 8.69. The molecule has 1 aliphatic rings. The molecule has 0 bridgehead atoms. The fourth-order valence-corrected chi connectivity index (χ4v) is 5.84. The summed E-state index contributed by atoms with van der Waals surface area (Å²) in [5.74, 6) is -0.161. The predicted molar refractivity (Wildman–Crippen MR) is 140 cm³/mol. The number of alkyl halides is 3. The second-order valence-corrected chi connectivity index (χ2v) is 10.1. The van der Waals surface area contributed by atoms with Gasteiger partial charge in [0.15, 0.2) is 0 Å². The van der Waals surface area contributed by atoms with Crippen LogP contribution in [0.3, 0.4) is 0 Å². The zero-order valence-electron chi connectivity index (χ0n) is 20.2. The first-order valence-electron chi connectivity index (χ1n) is 11.8. The van der Waals surface area contributed by atoms with Gasteiger partial charge < -0.3 is 15.2 Å². The van der Waals surface area contributed by atoms with Gasteiger partial charge in [0.1, 0.15) is 11.6 Å². The van der Waals surface area contributed by atoms with E-state index in [0.29, 0.717) is 0 Å². The number of rotatable bonds is 7. The molecule has 11 heteroatoms. The molecule has 39 heavy (non-hydrogen) atoms. The Bertz CT molecular complexity index is 1490. The molecule has 2 N–H and O–H groups in total. The van der Waals surface area contributed by atoms with Crippen LogP contribution in [-0.2, 0) is 24.1 Å². The minimum absolute atomic E-state index is 0.0598. The summed E-state index contributed by atoms with van der Waals surface area (Å²) >= 11 is 7.23. The van der Waals surface area contributed by atoms with Crippen LogP contribution < -0.4 is 5.32 Å². The number of carbonyl (C=O) groups excluding carboxylic acids is 1. The number of aliphatic hydroxyl groups is 1. The van der Waals surface area contributed by atoms with Crippen molar-refractivity contribution >= 4 is 29.5 Å². The number of ether oxygens (including phenoxy) is 1. The van der Waals surface area contributed by atoms with Gasteiger partial charge in [0.25, 0.3) is 0 Å². The van der Waals surface area contributed by atoms with Gasteiger partial charge in [-0.25, -0.2) is 9.78 Å². The number of aliphatic hydroxyl groups excluding tert-OH is 1. The van der Waals surface area contributed by atoms with Crippen LogP contribution in [0.4, 0.5) is 18.0 Å². The van der Waals surface area contributed by atoms with E-state index in [2.05, 4.69) is 15.3 Å². The first-order chi connectivity index (χ1) is 18.8. The Morgan fingerprint density at radius 2 is 1.67 bits per heavy atom. The number of hydrogen-bond donors (Lipinski definition) is 2. The maximum absolute atomic E-state index is 13.5. The van der Waals surface area contributed by atoms with Gasteiger partial charge >= 0.3 is 12.3 Å². The fourth-order valence-electron chi connectivity index (χ4n) is 4.52. The smallest absolute Gasteiger partial charge is 0.416 e. The van der Waals surface area contributed by atoms with Gasteiger partial charge in [-0.15, -0.1) is 0 Å². The number of alkyl carbamates (subject to hydrolysis) is 1. The Morgan fingerprint density at radius 3 is 2.31 bits per heavy atom. The third-order valence-electron chi connectivity index (χ3n) is 6.30. The Hall–Kier alpha value is -3.60. The summed E-state index contributed by atoms with van der Waals surface area (Å²) in [5, 5.41) is 12.2. The molecule has 3 aromatic carbocycles. The molecule has 1 heterocycles. The lowest BCUT2D eigenvalue weighted by Crippen LogP contribution is -2.26. The molecule has 5 rings (SSSR count). The molecule has 0 spiro atoms. The molecular formula is C28H21ClF3N3O3S. The van der Waals surface area contributed by atoms with Crippen molar-refractivity contribution < 1.29 is 27.8 Å². The molecule has 200 valence electrons. The van der Waals surface area contributed by atoms with Crippen molar-refractivity contribution in [1.29, 1.82) is 0 Å². The standard InChI is InChI=1S/C28H21ClF3N3O3S/c29-23-12-17(28(30,31)32)11-16(25(23)39-26-24(14-36)33-9-10-34-26)13-35-27(37)38-15-22-20-7-3-1-5-18(20)19-6-2-4-8-21(19)22/h1-12,22,36H,13-15H2,(H,35,37). The summed E-state index contributed by atoms with van der Waals surface area (Å²) in [6, 6.07) is 17.5. The molecule has 1 aliphatic carbocycles. The lowest BCUT2D eigenvalue weighted by Gasteiger charge is -2.17. The molecule has 0 fully saturated rings. The molecule has 0 saturated carbocycles. The van der Waals surface area contributed by atoms with Crippen LogP contribution in [0.5, 0.6) is 0 Å². The van der Waals surface area contributed by atoms with Gasteiger partial charge in [0.05, 0.1) is 22.9 Å². The first kappa shape index (κ1) is 27.0. The van der Waals surface area contributed by atoms with E-state index < -0.39 is 24.4 Å². The molecule has 6 nitrogen and oxygen atoms in total. The highest BCUT2D eigenvalue weighted by Crippen LogP contribution is 2.45. The van der Waals surface area contributed by atoms with Crippen molar-refractivity contribution in [3.05, 3.63) is 106 Å². The van der Waals surface area contributed by atoms with Crippen molar-refractivity contribution in [2.24, 2.45) is 0 Å². The van der Waals surface area contributed by atoms with Gasteiger partial charge in [-0.3, -0.25) is 4.98 Å². The maximum atomic E-state index is 13.5. The third-order valence-corrected chi connectivity index (χ3v) is 7.93. The zero-order chi connectivity index (χ0) is 27.6. The molecule has 1 amide bonds. The Balaban J connectivity index is 1.34. The van der Waals surface area contributed by atoms with E-state index in [1.807, 2.05) is 48.5 Å². The monoisotopic (exact) mass is 571 g/mol. The number of carbonyl (C=O) groups is 1. The van der Waals surface area contributed by atoms with E-state index in [-0.39, 0.29) is 45.3 Å².